The molecule has 6 heteroatoms. The molecule has 0 bridgehead atoms. The molecule has 1 aromatic heterocycles. The highest BCUT2D eigenvalue weighted by Gasteiger charge is 2.24. The van der Waals surface area contributed by atoms with Gasteiger partial charge in [0.1, 0.15) is 11.6 Å². The van der Waals surface area contributed by atoms with Crippen molar-refractivity contribution in [2.75, 3.05) is 24.7 Å². The topological polar surface area (TPSA) is 85.1 Å². The molecule has 122 valence electrons. The second-order valence-electron chi connectivity index (χ2n) is 6.11. The van der Waals surface area contributed by atoms with Crippen LogP contribution in [0, 0.1) is 5.92 Å². The minimum Gasteiger partial charge on any atom is -0.495 e. The van der Waals surface area contributed by atoms with Gasteiger partial charge in [-0.05, 0) is 48.2 Å². The van der Waals surface area contributed by atoms with Gasteiger partial charge in [0.25, 0.3) is 0 Å². The monoisotopic (exact) mass is 313 g/mol. The van der Waals surface area contributed by atoms with E-state index in [1.54, 1.807) is 19.4 Å². The first-order chi connectivity index (χ1) is 11.1. The Balaban J connectivity index is 1.98. The van der Waals surface area contributed by atoms with Gasteiger partial charge in [-0.2, -0.15) is 4.98 Å². The Morgan fingerprint density at radius 3 is 2.91 bits per heavy atom. The largest absolute Gasteiger partial charge is 0.495 e. The number of rotatable bonds is 4. The first-order valence-electron chi connectivity index (χ1n) is 7.88. The summed E-state index contributed by atoms with van der Waals surface area (Å²) < 4.78 is 5.56. The summed E-state index contributed by atoms with van der Waals surface area (Å²) in [4.78, 5) is 8.38. The van der Waals surface area contributed by atoms with Gasteiger partial charge in [-0.3, -0.25) is 0 Å². The zero-order valence-corrected chi connectivity index (χ0v) is 13.8. The third-order valence-electron chi connectivity index (χ3n) is 4.15. The molecule has 0 radical (unpaired) electrons. The average molecular weight is 313 g/mol. The predicted octanol–water partition coefficient (Wildman–Crippen LogP) is 2.65. The SMILES string of the molecule is COc1cc2c(cc1Nc1nccc(N)n1)CCNC2C(C)C. The van der Waals surface area contributed by atoms with Gasteiger partial charge in [0.05, 0.1) is 12.8 Å². The average Bonchev–Trinajstić information content (AvgIpc) is 2.53. The van der Waals surface area contributed by atoms with Crippen LogP contribution in [0.4, 0.5) is 17.5 Å². The molecule has 0 spiro atoms. The highest BCUT2D eigenvalue weighted by molar-refractivity contribution is 5.66. The molecule has 0 saturated heterocycles. The van der Waals surface area contributed by atoms with Crippen LogP contribution in [-0.4, -0.2) is 23.6 Å². The van der Waals surface area contributed by atoms with Crippen molar-refractivity contribution in [3.63, 3.8) is 0 Å². The Morgan fingerprint density at radius 2 is 2.22 bits per heavy atom. The lowest BCUT2D eigenvalue weighted by Crippen LogP contribution is -2.33. The normalized spacial score (nSPS) is 17.0. The summed E-state index contributed by atoms with van der Waals surface area (Å²) in [6.07, 6.45) is 2.63. The van der Waals surface area contributed by atoms with Crippen LogP contribution in [0.5, 0.6) is 5.75 Å². The van der Waals surface area contributed by atoms with Crippen molar-refractivity contribution in [2.45, 2.75) is 26.3 Å². The van der Waals surface area contributed by atoms with Gasteiger partial charge in [-0.25, -0.2) is 4.98 Å². The fourth-order valence-electron chi connectivity index (χ4n) is 3.03. The molecule has 1 aliphatic heterocycles. The van der Waals surface area contributed by atoms with E-state index in [1.807, 2.05) is 0 Å². The van der Waals surface area contributed by atoms with Crippen molar-refractivity contribution in [1.29, 1.82) is 0 Å². The van der Waals surface area contributed by atoms with Crippen LogP contribution in [0.25, 0.3) is 0 Å². The van der Waals surface area contributed by atoms with Crippen molar-refractivity contribution in [2.24, 2.45) is 5.92 Å². The number of nitrogens with zero attached hydrogens (tertiary/aromatic N) is 2. The van der Waals surface area contributed by atoms with Crippen molar-refractivity contribution >= 4 is 17.5 Å². The lowest BCUT2D eigenvalue weighted by Gasteiger charge is -2.31. The van der Waals surface area contributed by atoms with Gasteiger partial charge in [0.2, 0.25) is 5.95 Å². The fraction of sp³-hybridized carbons (Fsp3) is 0.412. The number of anilines is 3. The van der Waals surface area contributed by atoms with Crippen LogP contribution in [0.1, 0.15) is 31.0 Å². The molecule has 1 atom stereocenters. The molecule has 1 unspecified atom stereocenters. The van der Waals surface area contributed by atoms with Crippen LogP contribution in [-0.2, 0) is 6.42 Å². The Labute approximate surface area is 136 Å². The number of aromatic nitrogens is 2. The zero-order valence-electron chi connectivity index (χ0n) is 13.8. The van der Waals surface area contributed by atoms with E-state index in [0.29, 0.717) is 23.7 Å². The summed E-state index contributed by atoms with van der Waals surface area (Å²) >= 11 is 0. The first kappa shape index (κ1) is 15.6. The Hall–Kier alpha value is -2.34. The number of nitrogens with one attached hydrogen (secondary N) is 2. The molecule has 4 N–H and O–H groups in total. The zero-order chi connectivity index (χ0) is 16.4. The molecule has 2 aromatic rings. The van der Waals surface area contributed by atoms with Crippen LogP contribution < -0.4 is 21.1 Å². The highest BCUT2D eigenvalue weighted by Crippen LogP contribution is 2.37. The number of methoxy groups -OCH3 is 1. The maximum Gasteiger partial charge on any atom is 0.229 e. The maximum absolute atomic E-state index is 5.71. The molecule has 1 aromatic carbocycles. The Bertz CT molecular complexity index is 701. The maximum atomic E-state index is 5.71. The number of hydrogen-bond donors (Lipinski definition) is 3. The lowest BCUT2D eigenvalue weighted by molar-refractivity contribution is 0.386. The number of benzene rings is 1. The van der Waals surface area contributed by atoms with Crippen LogP contribution in [0.3, 0.4) is 0 Å². The van der Waals surface area contributed by atoms with Gasteiger partial charge >= 0.3 is 0 Å². The number of fused-ring (bicyclic) bond motifs is 1. The van der Waals surface area contributed by atoms with E-state index < -0.39 is 0 Å². The van der Waals surface area contributed by atoms with Crippen molar-refractivity contribution in [3.05, 3.63) is 35.5 Å². The third-order valence-corrected chi connectivity index (χ3v) is 4.15. The molecule has 23 heavy (non-hydrogen) atoms. The van der Waals surface area contributed by atoms with E-state index >= 15 is 0 Å². The van der Waals surface area contributed by atoms with Gasteiger partial charge in [-0.1, -0.05) is 13.8 Å². The smallest absolute Gasteiger partial charge is 0.229 e. The first-order valence-corrected chi connectivity index (χ1v) is 7.88. The van der Waals surface area contributed by atoms with E-state index in [1.165, 1.54) is 11.1 Å². The van der Waals surface area contributed by atoms with Crippen molar-refractivity contribution in [1.82, 2.24) is 15.3 Å². The molecular weight excluding hydrogens is 290 g/mol. The number of hydrogen-bond acceptors (Lipinski definition) is 6. The molecule has 0 saturated carbocycles. The van der Waals surface area contributed by atoms with E-state index in [-0.39, 0.29) is 0 Å². The summed E-state index contributed by atoms with van der Waals surface area (Å²) in [5.74, 6) is 2.21. The van der Waals surface area contributed by atoms with Gasteiger partial charge < -0.3 is 21.1 Å². The minimum atomic E-state index is 0.352. The predicted molar refractivity (Wildman–Crippen MR) is 92.0 cm³/mol. The summed E-state index contributed by atoms with van der Waals surface area (Å²) in [5.41, 5.74) is 9.21. The van der Waals surface area contributed by atoms with Gasteiger partial charge in [0, 0.05) is 12.2 Å². The summed E-state index contributed by atoms with van der Waals surface area (Å²) in [6.45, 7) is 5.44. The lowest BCUT2D eigenvalue weighted by atomic mass is 9.87. The molecule has 0 fully saturated rings. The van der Waals surface area contributed by atoms with E-state index in [2.05, 4.69) is 46.6 Å². The van der Waals surface area contributed by atoms with E-state index in [4.69, 9.17) is 10.5 Å². The number of nitrogen functional groups attached to an aromatic ring is 1. The van der Waals surface area contributed by atoms with Gasteiger partial charge in [0.15, 0.2) is 0 Å². The second-order valence-corrected chi connectivity index (χ2v) is 6.11. The van der Waals surface area contributed by atoms with Crippen LogP contribution in [0.15, 0.2) is 24.4 Å². The highest BCUT2D eigenvalue weighted by atomic mass is 16.5. The van der Waals surface area contributed by atoms with E-state index in [9.17, 15) is 0 Å². The number of nitrogens with two attached hydrogens (primary N) is 1. The molecule has 6 nitrogen and oxygen atoms in total. The van der Waals surface area contributed by atoms with Crippen molar-refractivity contribution < 1.29 is 4.74 Å². The fourth-order valence-corrected chi connectivity index (χ4v) is 3.03. The third kappa shape index (κ3) is 3.22. The van der Waals surface area contributed by atoms with Crippen molar-refractivity contribution in [3.8, 4) is 5.75 Å². The summed E-state index contributed by atoms with van der Waals surface area (Å²) in [5, 5.41) is 6.80. The molecule has 2 heterocycles. The second kappa shape index (κ2) is 6.42. The quantitative estimate of drug-likeness (QED) is 0.804. The van der Waals surface area contributed by atoms with Gasteiger partial charge in [-0.15, -0.1) is 0 Å². The summed E-state index contributed by atoms with van der Waals surface area (Å²) in [6, 6.07) is 6.26. The summed E-state index contributed by atoms with van der Waals surface area (Å²) in [7, 11) is 1.67. The molecule has 3 rings (SSSR count). The standard InChI is InChI=1S/C17H23N5O/c1-10(2)16-12-9-14(23-3)13(8-11(12)4-6-19-16)21-17-20-7-5-15(18)22-17/h5,7-10,16,19H,4,6H2,1-3H3,(H3,18,20,21,22). The molecule has 0 amide bonds. The minimum absolute atomic E-state index is 0.352. The Kier molecular flexibility index (Phi) is 4.34. The molecular formula is C17H23N5O. The van der Waals surface area contributed by atoms with E-state index in [0.717, 1.165) is 24.4 Å². The van der Waals surface area contributed by atoms with Crippen LogP contribution >= 0.6 is 0 Å². The molecule has 0 aliphatic carbocycles. The Morgan fingerprint density at radius 1 is 1.39 bits per heavy atom. The number of ether oxygens (including phenoxy) is 1. The van der Waals surface area contributed by atoms with Crippen LogP contribution in [0.2, 0.25) is 0 Å². The molecule has 1 aliphatic rings.